The molecule has 0 unspecified atom stereocenters. The summed E-state index contributed by atoms with van der Waals surface area (Å²) in [6.07, 6.45) is 3.69. The molecular weight excluding hydrogens is 408 g/mol. The number of ether oxygens (including phenoxy) is 1. The second-order valence-corrected chi connectivity index (χ2v) is 7.81. The molecule has 0 amide bonds. The van der Waals surface area contributed by atoms with Crippen molar-refractivity contribution in [3.05, 3.63) is 133 Å². The topological polar surface area (TPSA) is 41.6 Å². The van der Waals surface area contributed by atoms with E-state index in [1.54, 1.807) is 0 Å². The molecule has 3 aromatic carbocycles. The van der Waals surface area contributed by atoms with Gasteiger partial charge in [0.1, 0.15) is 6.04 Å². The van der Waals surface area contributed by atoms with Crippen molar-refractivity contribution in [1.29, 1.82) is 0 Å². The van der Waals surface area contributed by atoms with Gasteiger partial charge in [0.15, 0.2) is 0 Å². The summed E-state index contributed by atoms with van der Waals surface area (Å²) < 4.78 is 5.31. The van der Waals surface area contributed by atoms with Gasteiger partial charge >= 0.3 is 5.97 Å². The van der Waals surface area contributed by atoms with E-state index in [0.29, 0.717) is 13.1 Å². The second kappa shape index (κ2) is 12.5. The lowest BCUT2D eigenvalue weighted by Crippen LogP contribution is -2.50. The van der Waals surface area contributed by atoms with E-state index in [1.165, 1.54) is 7.11 Å². The third-order valence-electron chi connectivity index (χ3n) is 5.64. The third-order valence-corrected chi connectivity index (χ3v) is 5.64. The number of carbonyl (C=O) groups is 1. The van der Waals surface area contributed by atoms with Crippen LogP contribution in [0, 0.1) is 0 Å². The molecule has 170 valence electrons. The molecule has 33 heavy (non-hydrogen) atoms. The lowest BCUT2D eigenvalue weighted by molar-refractivity contribution is -0.145. The van der Waals surface area contributed by atoms with E-state index < -0.39 is 6.04 Å². The number of rotatable bonds is 12. The number of methoxy groups -OCH3 is 1. The van der Waals surface area contributed by atoms with E-state index in [1.807, 2.05) is 78.9 Å². The first-order valence-corrected chi connectivity index (χ1v) is 11.1. The Morgan fingerprint density at radius 1 is 0.818 bits per heavy atom. The molecular formula is C29H32N2O2. The fourth-order valence-electron chi connectivity index (χ4n) is 4.17. The summed E-state index contributed by atoms with van der Waals surface area (Å²) in [6.45, 7) is 9.05. The van der Waals surface area contributed by atoms with Gasteiger partial charge in [0.05, 0.1) is 19.2 Å². The summed E-state index contributed by atoms with van der Waals surface area (Å²) in [4.78, 5) is 15.5. The molecule has 0 aromatic heterocycles. The molecule has 0 heterocycles. The van der Waals surface area contributed by atoms with Crippen molar-refractivity contribution < 1.29 is 9.53 Å². The Morgan fingerprint density at radius 2 is 1.24 bits per heavy atom. The molecule has 0 saturated carbocycles. The van der Waals surface area contributed by atoms with Gasteiger partial charge in [0.2, 0.25) is 0 Å². The second-order valence-electron chi connectivity index (χ2n) is 7.81. The zero-order valence-electron chi connectivity index (χ0n) is 19.1. The normalized spacial score (nSPS) is 12.8. The number of benzene rings is 3. The largest absolute Gasteiger partial charge is 0.468 e. The molecule has 0 aliphatic carbocycles. The van der Waals surface area contributed by atoms with Crippen LogP contribution in [-0.2, 0) is 9.53 Å². The Kier molecular flexibility index (Phi) is 9.19. The molecule has 0 aliphatic rings. The van der Waals surface area contributed by atoms with Crippen LogP contribution in [0.15, 0.2) is 116 Å². The van der Waals surface area contributed by atoms with Gasteiger partial charge in [-0.1, -0.05) is 103 Å². The average Bonchev–Trinajstić information content (AvgIpc) is 2.87. The molecule has 0 spiro atoms. The molecule has 0 radical (unpaired) electrons. The van der Waals surface area contributed by atoms with Crippen molar-refractivity contribution in [2.75, 3.05) is 20.2 Å². The van der Waals surface area contributed by atoms with Crippen LogP contribution >= 0.6 is 0 Å². The van der Waals surface area contributed by atoms with Crippen LogP contribution in [0.2, 0.25) is 0 Å². The molecule has 0 fully saturated rings. The van der Waals surface area contributed by atoms with Crippen molar-refractivity contribution in [3.8, 4) is 0 Å². The van der Waals surface area contributed by atoms with E-state index in [4.69, 9.17) is 4.74 Å². The molecule has 3 aromatic rings. The lowest BCUT2D eigenvalue weighted by Gasteiger charge is -2.37. The Labute approximate surface area is 197 Å². The third kappa shape index (κ3) is 6.28. The molecule has 3 rings (SSSR count). The Bertz CT molecular complexity index is 956. The summed E-state index contributed by atoms with van der Waals surface area (Å²) in [6, 6.07) is 29.2. The van der Waals surface area contributed by atoms with Crippen LogP contribution in [0.25, 0.3) is 0 Å². The molecule has 0 bridgehead atoms. The minimum Gasteiger partial charge on any atom is -0.468 e. The van der Waals surface area contributed by atoms with E-state index >= 15 is 0 Å². The zero-order valence-corrected chi connectivity index (χ0v) is 19.1. The van der Waals surface area contributed by atoms with Crippen LogP contribution in [0.5, 0.6) is 0 Å². The SMILES string of the molecule is C=CCN(CC=C)[C@@H](c1ccccc1)[C@H](NC(c1ccccc1)c1ccccc1)C(=O)OC. The Hall–Kier alpha value is -3.47. The van der Waals surface area contributed by atoms with Gasteiger partial charge in [0, 0.05) is 13.1 Å². The number of hydrogen-bond acceptors (Lipinski definition) is 4. The van der Waals surface area contributed by atoms with Crippen molar-refractivity contribution in [1.82, 2.24) is 10.2 Å². The number of nitrogens with one attached hydrogen (secondary N) is 1. The standard InChI is InChI=1S/C29H32N2O2/c1-4-21-31(22-5-2)28(25-19-13-8-14-20-25)27(29(32)33-3)30-26(23-15-9-6-10-16-23)24-17-11-7-12-18-24/h4-20,26-28,30H,1-2,21-22H2,3H3/t27-,28-/m0/s1. The van der Waals surface area contributed by atoms with Crippen LogP contribution in [0.4, 0.5) is 0 Å². The first kappa shape index (κ1) is 24.2. The molecule has 4 nitrogen and oxygen atoms in total. The maximum atomic E-state index is 13.3. The minimum absolute atomic E-state index is 0.197. The van der Waals surface area contributed by atoms with Crippen LogP contribution in [-0.4, -0.2) is 37.1 Å². The summed E-state index contributed by atoms with van der Waals surface area (Å²) in [5, 5.41) is 3.65. The first-order chi connectivity index (χ1) is 16.2. The predicted octanol–water partition coefficient (Wildman–Crippen LogP) is 5.32. The van der Waals surface area contributed by atoms with Crippen LogP contribution in [0.3, 0.4) is 0 Å². The van der Waals surface area contributed by atoms with E-state index in [0.717, 1.165) is 16.7 Å². The van der Waals surface area contributed by atoms with Gasteiger partial charge in [-0.3, -0.25) is 15.0 Å². The Morgan fingerprint density at radius 3 is 1.64 bits per heavy atom. The van der Waals surface area contributed by atoms with E-state index in [9.17, 15) is 4.79 Å². The fraction of sp³-hybridized carbons (Fsp3) is 0.207. The highest BCUT2D eigenvalue weighted by molar-refractivity contribution is 5.77. The monoisotopic (exact) mass is 440 g/mol. The first-order valence-electron chi connectivity index (χ1n) is 11.1. The molecule has 2 atom stereocenters. The highest BCUT2D eigenvalue weighted by Crippen LogP contribution is 2.30. The quantitative estimate of drug-likeness (QED) is 0.306. The van der Waals surface area contributed by atoms with Gasteiger partial charge in [0.25, 0.3) is 0 Å². The van der Waals surface area contributed by atoms with Crippen molar-refractivity contribution >= 4 is 5.97 Å². The van der Waals surface area contributed by atoms with Gasteiger partial charge in [-0.15, -0.1) is 13.2 Å². The Balaban J connectivity index is 2.11. The van der Waals surface area contributed by atoms with Gasteiger partial charge < -0.3 is 4.74 Å². The lowest BCUT2D eigenvalue weighted by atomic mass is 9.93. The molecule has 1 N–H and O–H groups in total. The summed E-state index contributed by atoms with van der Waals surface area (Å²) >= 11 is 0. The number of nitrogens with zero attached hydrogens (tertiary/aromatic N) is 1. The predicted molar refractivity (Wildman–Crippen MR) is 135 cm³/mol. The molecule has 0 aliphatic heterocycles. The molecule has 0 saturated heterocycles. The van der Waals surface area contributed by atoms with E-state index in [-0.39, 0.29) is 18.1 Å². The summed E-state index contributed by atoms with van der Waals surface area (Å²) in [5.41, 5.74) is 3.16. The smallest absolute Gasteiger partial charge is 0.324 e. The number of esters is 1. The van der Waals surface area contributed by atoms with E-state index in [2.05, 4.69) is 47.6 Å². The minimum atomic E-state index is -0.636. The average molecular weight is 441 g/mol. The number of carbonyl (C=O) groups excluding carboxylic acids is 1. The maximum Gasteiger partial charge on any atom is 0.324 e. The summed E-state index contributed by atoms with van der Waals surface area (Å²) in [5.74, 6) is -0.321. The van der Waals surface area contributed by atoms with Gasteiger partial charge in [-0.25, -0.2) is 0 Å². The van der Waals surface area contributed by atoms with Gasteiger partial charge in [-0.05, 0) is 16.7 Å². The fourth-order valence-corrected chi connectivity index (χ4v) is 4.17. The van der Waals surface area contributed by atoms with Crippen molar-refractivity contribution in [3.63, 3.8) is 0 Å². The zero-order chi connectivity index (χ0) is 23.5. The van der Waals surface area contributed by atoms with Gasteiger partial charge in [-0.2, -0.15) is 0 Å². The highest BCUT2D eigenvalue weighted by atomic mass is 16.5. The highest BCUT2D eigenvalue weighted by Gasteiger charge is 2.36. The van der Waals surface area contributed by atoms with Crippen LogP contribution in [0.1, 0.15) is 28.8 Å². The maximum absolute atomic E-state index is 13.3. The molecule has 4 heteroatoms. The van der Waals surface area contributed by atoms with Crippen molar-refractivity contribution in [2.45, 2.75) is 18.1 Å². The van der Waals surface area contributed by atoms with Crippen LogP contribution < -0.4 is 5.32 Å². The van der Waals surface area contributed by atoms with Crippen molar-refractivity contribution in [2.24, 2.45) is 0 Å². The summed E-state index contributed by atoms with van der Waals surface area (Å²) in [7, 11) is 1.43. The number of hydrogen-bond donors (Lipinski definition) is 1.